The first-order chi connectivity index (χ1) is 9.72. The van der Waals surface area contributed by atoms with E-state index in [-0.39, 0.29) is 18.7 Å². The minimum absolute atomic E-state index is 0.0534. The summed E-state index contributed by atoms with van der Waals surface area (Å²) in [6, 6.07) is 5.51. The van der Waals surface area contributed by atoms with Gasteiger partial charge in [0.25, 0.3) is 0 Å². The van der Waals surface area contributed by atoms with Gasteiger partial charge in [-0.05, 0) is 30.5 Å². The lowest BCUT2D eigenvalue weighted by atomic mass is 10.1. The topological polar surface area (TPSA) is 79.8 Å². The second-order valence-electron chi connectivity index (χ2n) is 5.08. The summed E-state index contributed by atoms with van der Waals surface area (Å²) in [5.74, 6) is 1.47. The van der Waals surface area contributed by atoms with Gasteiger partial charge in [0.2, 0.25) is 12.7 Å². The smallest absolute Gasteiger partial charge is 0.237 e. The fourth-order valence-electron chi connectivity index (χ4n) is 2.47. The van der Waals surface area contributed by atoms with E-state index >= 15 is 0 Å². The van der Waals surface area contributed by atoms with Crippen molar-refractivity contribution in [2.45, 2.75) is 25.0 Å². The standard InChI is InChI=1S/C14H18N2O4/c17-10-6-11(16-7-10)14(18)15-4-3-9-1-2-12-13(5-9)20-8-19-12/h1-2,5,10-11,16-17H,3-4,6-8H2,(H,15,18). The Labute approximate surface area is 117 Å². The molecule has 2 heterocycles. The molecular formula is C14H18N2O4. The van der Waals surface area contributed by atoms with Gasteiger partial charge in [-0.25, -0.2) is 0 Å². The molecular weight excluding hydrogens is 260 g/mol. The van der Waals surface area contributed by atoms with Crippen LogP contribution in [0.1, 0.15) is 12.0 Å². The number of nitrogens with one attached hydrogen (secondary N) is 2. The molecule has 0 aliphatic carbocycles. The van der Waals surface area contributed by atoms with E-state index in [4.69, 9.17) is 9.47 Å². The molecule has 3 rings (SSSR count). The highest BCUT2D eigenvalue weighted by Gasteiger charge is 2.27. The second-order valence-corrected chi connectivity index (χ2v) is 5.08. The molecule has 2 unspecified atom stereocenters. The molecule has 1 saturated heterocycles. The molecule has 2 aliphatic heterocycles. The molecule has 2 atom stereocenters. The zero-order valence-electron chi connectivity index (χ0n) is 11.1. The highest BCUT2D eigenvalue weighted by molar-refractivity contribution is 5.82. The lowest BCUT2D eigenvalue weighted by Crippen LogP contribution is -2.41. The van der Waals surface area contributed by atoms with Gasteiger partial charge in [0.05, 0.1) is 12.1 Å². The van der Waals surface area contributed by atoms with Gasteiger partial charge in [0.1, 0.15) is 0 Å². The van der Waals surface area contributed by atoms with Crippen molar-refractivity contribution in [1.29, 1.82) is 0 Å². The molecule has 6 heteroatoms. The van der Waals surface area contributed by atoms with Crippen LogP contribution in [0.4, 0.5) is 0 Å². The van der Waals surface area contributed by atoms with Gasteiger partial charge >= 0.3 is 0 Å². The monoisotopic (exact) mass is 278 g/mol. The van der Waals surface area contributed by atoms with E-state index in [9.17, 15) is 9.90 Å². The van der Waals surface area contributed by atoms with Crippen LogP contribution in [0.15, 0.2) is 18.2 Å². The summed E-state index contributed by atoms with van der Waals surface area (Å²) in [5, 5.41) is 15.2. The van der Waals surface area contributed by atoms with Crippen LogP contribution in [0, 0.1) is 0 Å². The molecule has 0 aromatic heterocycles. The number of hydrogen-bond donors (Lipinski definition) is 3. The predicted octanol–water partition coefficient (Wildman–Crippen LogP) is -0.203. The largest absolute Gasteiger partial charge is 0.454 e. The van der Waals surface area contributed by atoms with Gasteiger partial charge in [-0.2, -0.15) is 0 Å². The molecule has 108 valence electrons. The number of benzene rings is 1. The Balaban J connectivity index is 1.47. The molecule has 20 heavy (non-hydrogen) atoms. The van der Waals surface area contributed by atoms with E-state index < -0.39 is 6.10 Å². The number of carbonyl (C=O) groups excluding carboxylic acids is 1. The van der Waals surface area contributed by atoms with Crippen LogP contribution in [0.25, 0.3) is 0 Å². The number of β-amino-alcohol motifs (C(OH)–C–C–N with tert-alkyl or cyclic N) is 1. The van der Waals surface area contributed by atoms with E-state index in [1.54, 1.807) is 0 Å². The molecule has 1 aromatic rings. The number of amides is 1. The number of fused-ring (bicyclic) bond motifs is 1. The molecule has 0 bridgehead atoms. The molecule has 1 aromatic carbocycles. The Morgan fingerprint density at radius 1 is 1.40 bits per heavy atom. The number of aliphatic hydroxyl groups excluding tert-OH is 1. The van der Waals surface area contributed by atoms with Crippen molar-refractivity contribution in [2.75, 3.05) is 19.9 Å². The number of ether oxygens (including phenoxy) is 2. The number of rotatable bonds is 4. The van der Waals surface area contributed by atoms with Crippen LogP contribution in [0.5, 0.6) is 11.5 Å². The molecule has 2 aliphatic rings. The lowest BCUT2D eigenvalue weighted by Gasteiger charge is -2.11. The van der Waals surface area contributed by atoms with Gasteiger partial charge in [-0.3, -0.25) is 4.79 Å². The van der Waals surface area contributed by atoms with Crippen LogP contribution in [-0.4, -0.2) is 43.0 Å². The molecule has 0 spiro atoms. The van der Waals surface area contributed by atoms with Gasteiger partial charge in [-0.1, -0.05) is 6.07 Å². The van der Waals surface area contributed by atoms with Crippen LogP contribution in [0.3, 0.4) is 0 Å². The maximum Gasteiger partial charge on any atom is 0.237 e. The highest BCUT2D eigenvalue weighted by atomic mass is 16.7. The van der Waals surface area contributed by atoms with Gasteiger partial charge < -0.3 is 25.2 Å². The predicted molar refractivity (Wildman–Crippen MR) is 71.7 cm³/mol. The summed E-state index contributed by atoms with van der Waals surface area (Å²) in [6.07, 6.45) is 0.799. The Morgan fingerprint density at radius 2 is 2.25 bits per heavy atom. The minimum Gasteiger partial charge on any atom is -0.454 e. The number of carbonyl (C=O) groups is 1. The molecule has 6 nitrogen and oxygen atoms in total. The summed E-state index contributed by atoms with van der Waals surface area (Å²) in [5.41, 5.74) is 1.09. The Bertz CT molecular complexity index is 506. The maximum absolute atomic E-state index is 11.8. The van der Waals surface area contributed by atoms with E-state index in [0.29, 0.717) is 19.5 Å². The molecule has 0 saturated carbocycles. The second kappa shape index (κ2) is 5.68. The fourth-order valence-corrected chi connectivity index (χ4v) is 2.47. The molecule has 0 radical (unpaired) electrons. The lowest BCUT2D eigenvalue weighted by molar-refractivity contribution is -0.122. The summed E-state index contributed by atoms with van der Waals surface area (Å²) in [6.45, 7) is 1.32. The Kier molecular flexibility index (Phi) is 3.75. The van der Waals surface area contributed by atoms with Crippen molar-refractivity contribution >= 4 is 5.91 Å². The normalized spacial score (nSPS) is 23.9. The average molecular weight is 278 g/mol. The summed E-state index contributed by atoms with van der Waals surface area (Å²) in [7, 11) is 0. The van der Waals surface area contributed by atoms with E-state index in [2.05, 4.69) is 10.6 Å². The average Bonchev–Trinajstić information content (AvgIpc) is 3.06. The third kappa shape index (κ3) is 2.86. The Hall–Kier alpha value is -1.79. The first kappa shape index (κ1) is 13.2. The van der Waals surface area contributed by atoms with Crippen molar-refractivity contribution < 1.29 is 19.4 Å². The van der Waals surface area contributed by atoms with E-state index in [0.717, 1.165) is 23.5 Å². The van der Waals surface area contributed by atoms with Gasteiger partial charge in [0.15, 0.2) is 11.5 Å². The fraction of sp³-hybridized carbons (Fsp3) is 0.500. The molecule has 1 amide bonds. The van der Waals surface area contributed by atoms with Crippen LogP contribution in [-0.2, 0) is 11.2 Å². The summed E-state index contributed by atoms with van der Waals surface area (Å²) in [4.78, 5) is 11.8. The van der Waals surface area contributed by atoms with Crippen molar-refractivity contribution in [2.24, 2.45) is 0 Å². The third-order valence-corrected chi connectivity index (χ3v) is 3.57. The summed E-state index contributed by atoms with van der Waals surface area (Å²) >= 11 is 0. The van der Waals surface area contributed by atoms with Crippen LogP contribution < -0.4 is 20.1 Å². The summed E-state index contributed by atoms with van der Waals surface area (Å²) < 4.78 is 10.6. The maximum atomic E-state index is 11.8. The number of aliphatic hydroxyl groups is 1. The van der Waals surface area contributed by atoms with Crippen molar-refractivity contribution in [3.8, 4) is 11.5 Å². The van der Waals surface area contributed by atoms with Crippen molar-refractivity contribution in [3.63, 3.8) is 0 Å². The van der Waals surface area contributed by atoms with E-state index in [1.165, 1.54) is 0 Å². The zero-order valence-corrected chi connectivity index (χ0v) is 11.1. The van der Waals surface area contributed by atoms with Crippen molar-refractivity contribution in [3.05, 3.63) is 23.8 Å². The molecule has 3 N–H and O–H groups in total. The van der Waals surface area contributed by atoms with Crippen LogP contribution >= 0.6 is 0 Å². The Morgan fingerprint density at radius 3 is 3.05 bits per heavy atom. The number of hydrogen-bond acceptors (Lipinski definition) is 5. The first-order valence-corrected chi connectivity index (χ1v) is 6.80. The van der Waals surface area contributed by atoms with Gasteiger partial charge in [-0.15, -0.1) is 0 Å². The minimum atomic E-state index is -0.417. The van der Waals surface area contributed by atoms with E-state index in [1.807, 2.05) is 18.2 Å². The third-order valence-electron chi connectivity index (χ3n) is 3.57. The first-order valence-electron chi connectivity index (χ1n) is 6.80. The quantitative estimate of drug-likeness (QED) is 0.710. The molecule has 1 fully saturated rings. The van der Waals surface area contributed by atoms with Crippen LogP contribution in [0.2, 0.25) is 0 Å². The SMILES string of the molecule is O=C(NCCc1ccc2c(c1)OCO2)C1CC(O)CN1. The zero-order chi connectivity index (χ0) is 13.9. The highest BCUT2D eigenvalue weighted by Crippen LogP contribution is 2.32. The van der Waals surface area contributed by atoms with Gasteiger partial charge in [0, 0.05) is 13.1 Å². The van der Waals surface area contributed by atoms with Crippen molar-refractivity contribution in [1.82, 2.24) is 10.6 Å².